The second-order valence-corrected chi connectivity index (χ2v) is 6.11. The summed E-state index contributed by atoms with van der Waals surface area (Å²) in [5.41, 5.74) is 3.20. The van der Waals surface area contributed by atoms with E-state index >= 15 is 0 Å². The van der Waals surface area contributed by atoms with Crippen LogP contribution in [0.2, 0.25) is 0 Å². The zero-order valence-corrected chi connectivity index (χ0v) is 14.0. The van der Waals surface area contributed by atoms with Crippen molar-refractivity contribution >= 4 is 6.03 Å². The molecule has 6 heteroatoms. The van der Waals surface area contributed by atoms with Gasteiger partial charge in [0.05, 0.1) is 5.69 Å². The maximum absolute atomic E-state index is 12.3. The van der Waals surface area contributed by atoms with Gasteiger partial charge in [0.15, 0.2) is 0 Å². The molecule has 1 aliphatic rings. The minimum Gasteiger partial charge on any atom is -0.334 e. The molecular formula is C18H23N5O. The van der Waals surface area contributed by atoms with Gasteiger partial charge in [0, 0.05) is 57.9 Å². The minimum atomic E-state index is -0.00556. The van der Waals surface area contributed by atoms with E-state index < -0.39 is 0 Å². The van der Waals surface area contributed by atoms with Crippen molar-refractivity contribution in [2.45, 2.75) is 20.0 Å². The van der Waals surface area contributed by atoms with Crippen LogP contribution >= 0.6 is 0 Å². The van der Waals surface area contributed by atoms with E-state index in [9.17, 15) is 4.79 Å². The van der Waals surface area contributed by atoms with Crippen molar-refractivity contribution in [2.24, 2.45) is 0 Å². The first kappa shape index (κ1) is 16.4. The Labute approximate surface area is 142 Å². The fourth-order valence-corrected chi connectivity index (χ4v) is 2.83. The Morgan fingerprint density at radius 2 is 2.04 bits per heavy atom. The molecule has 1 aliphatic heterocycles. The number of nitrogens with zero attached hydrogens (tertiary/aromatic N) is 4. The largest absolute Gasteiger partial charge is 0.334 e. The number of aryl methyl sites for hydroxylation is 1. The predicted octanol–water partition coefficient (Wildman–Crippen LogP) is 1.81. The molecule has 0 saturated carbocycles. The Bertz CT molecular complexity index is 668. The number of aromatic nitrogens is 2. The van der Waals surface area contributed by atoms with E-state index in [0.29, 0.717) is 6.54 Å². The van der Waals surface area contributed by atoms with Crippen molar-refractivity contribution in [3.05, 3.63) is 59.7 Å². The average molecular weight is 325 g/mol. The lowest BCUT2D eigenvalue weighted by Gasteiger charge is -2.34. The molecule has 3 heterocycles. The van der Waals surface area contributed by atoms with Crippen LogP contribution in [-0.2, 0) is 13.1 Å². The standard InChI is InChI=1S/C18H23N5O/c1-15-10-16(12-19-11-15)13-21-18(24)23-8-6-22(7-9-23)14-17-4-2-3-5-20-17/h2-5,10-12H,6-9,13-14H2,1H3,(H,21,24). The van der Waals surface area contributed by atoms with Gasteiger partial charge in [-0.1, -0.05) is 12.1 Å². The predicted molar refractivity (Wildman–Crippen MR) is 92.3 cm³/mol. The van der Waals surface area contributed by atoms with Gasteiger partial charge in [0.2, 0.25) is 0 Å². The first-order chi connectivity index (χ1) is 11.7. The summed E-state index contributed by atoms with van der Waals surface area (Å²) in [6, 6.07) is 8.00. The summed E-state index contributed by atoms with van der Waals surface area (Å²) in [5, 5.41) is 2.98. The number of rotatable bonds is 4. The van der Waals surface area contributed by atoms with Gasteiger partial charge in [-0.15, -0.1) is 0 Å². The van der Waals surface area contributed by atoms with Crippen LogP contribution in [0.3, 0.4) is 0 Å². The summed E-state index contributed by atoms with van der Waals surface area (Å²) < 4.78 is 0. The van der Waals surface area contributed by atoms with Crippen LogP contribution in [-0.4, -0.2) is 52.0 Å². The number of hydrogen-bond donors (Lipinski definition) is 1. The zero-order valence-electron chi connectivity index (χ0n) is 14.0. The third-order valence-electron chi connectivity index (χ3n) is 4.15. The van der Waals surface area contributed by atoms with Crippen molar-refractivity contribution in [2.75, 3.05) is 26.2 Å². The van der Waals surface area contributed by atoms with Crippen LogP contribution in [0.4, 0.5) is 4.79 Å². The highest BCUT2D eigenvalue weighted by atomic mass is 16.2. The second-order valence-electron chi connectivity index (χ2n) is 6.11. The Morgan fingerprint density at radius 1 is 1.21 bits per heavy atom. The molecule has 1 N–H and O–H groups in total. The molecule has 2 aromatic heterocycles. The SMILES string of the molecule is Cc1cncc(CNC(=O)N2CCN(Cc3ccccn3)CC2)c1. The van der Waals surface area contributed by atoms with Gasteiger partial charge in [-0.05, 0) is 30.2 Å². The summed E-state index contributed by atoms with van der Waals surface area (Å²) in [6.45, 7) is 6.58. The molecule has 0 spiro atoms. The van der Waals surface area contributed by atoms with Gasteiger partial charge < -0.3 is 10.2 Å². The topological polar surface area (TPSA) is 61.4 Å². The van der Waals surface area contributed by atoms with E-state index in [2.05, 4.69) is 20.2 Å². The van der Waals surface area contributed by atoms with E-state index in [-0.39, 0.29) is 6.03 Å². The number of amides is 2. The molecule has 2 amide bonds. The van der Waals surface area contributed by atoms with E-state index in [1.54, 1.807) is 6.20 Å². The van der Waals surface area contributed by atoms with Crippen LogP contribution < -0.4 is 5.32 Å². The lowest BCUT2D eigenvalue weighted by Crippen LogP contribution is -2.51. The van der Waals surface area contributed by atoms with Crippen molar-refractivity contribution in [3.8, 4) is 0 Å². The molecule has 6 nitrogen and oxygen atoms in total. The molecule has 1 saturated heterocycles. The lowest BCUT2D eigenvalue weighted by molar-refractivity contribution is 0.134. The molecular weight excluding hydrogens is 302 g/mol. The van der Waals surface area contributed by atoms with Crippen molar-refractivity contribution in [1.82, 2.24) is 25.1 Å². The number of piperazine rings is 1. The third-order valence-corrected chi connectivity index (χ3v) is 4.15. The Hall–Kier alpha value is -2.47. The molecule has 126 valence electrons. The molecule has 0 atom stereocenters. The maximum atomic E-state index is 12.3. The van der Waals surface area contributed by atoms with Gasteiger partial charge in [0.1, 0.15) is 0 Å². The summed E-state index contributed by atoms with van der Waals surface area (Å²) in [6.07, 6.45) is 5.42. The smallest absolute Gasteiger partial charge is 0.317 e. The van der Waals surface area contributed by atoms with Crippen molar-refractivity contribution in [3.63, 3.8) is 0 Å². The van der Waals surface area contributed by atoms with Crippen LogP contribution in [0.1, 0.15) is 16.8 Å². The molecule has 0 bridgehead atoms. The van der Waals surface area contributed by atoms with Crippen LogP contribution in [0, 0.1) is 6.92 Å². The minimum absolute atomic E-state index is 0.00556. The average Bonchev–Trinajstić information content (AvgIpc) is 2.61. The molecule has 24 heavy (non-hydrogen) atoms. The highest BCUT2D eigenvalue weighted by Crippen LogP contribution is 2.07. The highest BCUT2D eigenvalue weighted by Gasteiger charge is 2.21. The normalized spacial score (nSPS) is 15.3. The van der Waals surface area contributed by atoms with Gasteiger partial charge in [-0.25, -0.2) is 4.79 Å². The number of carbonyl (C=O) groups excluding carboxylic acids is 1. The number of carbonyl (C=O) groups is 1. The second kappa shape index (κ2) is 7.88. The number of hydrogen-bond acceptors (Lipinski definition) is 4. The summed E-state index contributed by atoms with van der Waals surface area (Å²) in [5.74, 6) is 0. The van der Waals surface area contributed by atoms with Crippen LogP contribution in [0.5, 0.6) is 0 Å². The molecule has 1 fully saturated rings. The number of pyridine rings is 2. The number of urea groups is 1. The first-order valence-corrected chi connectivity index (χ1v) is 8.26. The Morgan fingerprint density at radius 3 is 2.75 bits per heavy atom. The molecule has 3 rings (SSSR count). The fourth-order valence-electron chi connectivity index (χ4n) is 2.83. The molecule has 2 aromatic rings. The Balaban J connectivity index is 1.43. The van der Waals surface area contributed by atoms with Crippen molar-refractivity contribution in [1.29, 1.82) is 0 Å². The van der Waals surface area contributed by atoms with Gasteiger partial charge in [0.25, 0.3) is 0 Å². The van der Waals surface area contributed by atoms with Gasteiger partial charge >= 0.3 is 6.03 Å². The lowest BCUT2D eigenvalue weighted by atomic mass is 10.2. The Kier molecular flexibility index (Phi) is 5.38. The fraction of sp³-hybridized carbons (Fsp3) is 0.389. The van der Waals surface area contributed by atoms with E-state index in [4.69, 9.17) is 0 Å². The van der Waals surface area contributed by atoms with E-state index in [1.165, 1.54) is 0 Å². The monoisotopic (exact) mass is 325 g/mol. The third kappa shape index (κ3) is 4.52. The number of nitrogens with one attached hydrogen (secondary N) is 1. The van der Waals surface area contributed by atoms with Gasteiger partial charge in [-0.2, -0.15) is 0 Å². The first-order valence-electron chi connectivity index (χ1n) is 8.26. The molecule has 0 radical (unpaired) electrons. The summed E-state index contributed by atoms with van der Waals surface area (Å²) in [7, 11) is 0. The molecule has 0 aromatic carbocycles. The maximum Gasteiger partial charge on any atom is 0.317 e. The summed E-state index contributed by atoms with van der Waals surface area (Å²) in [4.78, 5) is 25.0. The van der Waals surface area contributed by atoms with E-state index in [0.717, 1.165) is 49.5 Å². The van der Waals surface area contributed by atoms with Crippen molar-refractivity contribution < 1.29 is 4.79 Å². The molecule has 0 aliphatic carbocycles. The highest BCUT2D eigenvalue weighted by molar-refractivity contribution is 5.74. The van der Waals surface area contributed by atoms with Gasteiger partial charge in [-0.3, -0.25) is 14.9 Å². The molecule has 0 unspecified atom stereocenters. The van der Waals surface area contributed by atoms with Crippen LogP contribution in [0.25, 0.3) is 0 Å². The zero-order chi connectivity index (χ0) is 16.8. The summed E-state index contributed by atoms with van der Waals surface area (Å²) >= 11 is 0. The quantitative estimate of drug-likeness (QED) is 0.931. The van der Waals surface area contributed by atoms with E-state index in [1.807, 2.05) is 48.5 Å². The van der Waals surface area contributed by atoms with Crippen LogP contribution in [0.15, 0.2) is 42.9 Å².